The van der Waals surface area contributed by atoms with Gasteiger partial charge in [-0.2, -0.15) is 0 Å². The maximum atomic E-state index is 13.1. The first kappa shape index (κ1) is 23.9. The van der Waals surface area contributed by atoms with Gasteiger partial charge >= 0.3 is 0 Å². The van der Waals surface area contributed by atoms with E-state index in [-0.39, 0.29) is 17.4 Å². The van der Waals surface area contributed by atoms with Gasteiger partial charge in [0.25, 0.3) is 11.1 Å². The van der Waals surface area contributed by atoms with Gasteiger partial charge in [0, 0.05) is 25.7 Å². The normalized spacial score (nSPS) is 16.7. The largest absolute Gasteiger partial charge is 0.493 e. The molecule has 2 aliphatic rings. The molecule has 5 rings (SSSR count). The average molecular weight is 507 g/mol. The van der Waals surface area contributed by atoms with Crippen molar-refractivity contribution in [2.75, 3.05) is 27.3 Å². The zero-order valence-corrected chi connectivity index (χ0v) is 21.1. The smallest absolute Gasteiger partial charge is 0.294 e. The quantitative estimate of drug-likeness (QED) is 0.471. The highest BCUT2D eigenvalue weighted by Crippen LogP contribution is 2.35. The fourth-order valence-corrected chi connectivity index (χ4v) is 5.43. The molecule has 0 saturated carbocycles. The van der Waals surface area contributed by atoms with Crippen molar-refractivity contribution in [3.63, 3.8) is 0 Å². The lowest BCUT2D eigenvalue weighted by Gasteiger charge is -2.30. The number of para-hydroxylation sites is 2. The molecule has 3 amide bonds. The van der Waals surface area contributed by atoms with Crippen LogP contribution in [0.15, 0.2) is 41.3 Å². The summed E-state index contributed by atoms with van der Waals surface area (Å²) in [5, 5.41) is -0.456. The van der Waals surface area contributed by atoms with E-state index in [1.54, 1.807) is 25.2 Å². The van der Waals surface area contributed by atoms with Gasteiger partial charge in [0.05, 0.1) is 30.2 Å². The van der Waals surface area contributed by atoms with Crippen LogP contribution in [0.5, 0.6) is 11.5 Å². The van der Waals surface area contributed by atoms with Crippen LogP contribution in [-0.4, -0.2) is 63.7 Å². The van der Waals surface area contributed by atoms with Crippen molar-refractivity contribution >= 4 is 45.9 Å². The number of benzene rings is 2. The predicted octanol–water partition coefficient (Wildman–Crippen LogP) is 3.69. The topological polar surface area (TPSA) is 94.0 Å². The van der Waals surface area contributed by atoms with Crippen molar-refractivity contribution in [1.82, 2.24) is 19.4 Å². The number of methoxy groups -OCH3 is 2. The standard InChI is InChI=1S/C26H26N4O5S/c1-4-29-19-8-6-5-7-18(19)27-23(29)13-22-25(32)30(26(33)36-22)15-24(31)28-10-9-16-11-20(34-2)21(35-3)12-17(16)14-28/h5-8,11-13H,4,9-10,14-15H2,1-3H3/b22-13-. The summed E-state index contributed by atoms with van der Waals surface area (Å²) < 4.78 is 12.7. The number of aryl methyl sites for hydroxylation is 1. The van der Waals surface area contributed by atoms with Crippen molar-refractivity contribution in [1.29, 1.82) is 0 Å². The number of carbonyl (C=O) groups is 3. The second-order valence-electron chi connectivity index (χ2n) is 8.51. The maximum absolute atomic E-state index is 13.1. The highest BCUT2D eigenvalue weighted by molar-refractivity contribution is 8.18. The van der Waals surface area contributed by atoms with Crippen LogP contribution in [0.1, 0.15) is 23.9 Å². The Balaban J connectivity index is 1.32. The second-order valence-corrected chi connectivity index (χ2v) is 9.51. The summed E-state index contributed by atoms with van der Waals surface area (Å²) in [7, 11) is 3.16. The van der Waals surface area contributed by atoms with E-state index in [4.69, 9.17) is 9.47 Å². The summed E-state index contributed by atoms with van der Waals surface area (Å²) in [4.78, 5) is 46.4. The van der Waals surface area contributed by atoms with Gasteiger partial charge < -0.3 is 18.9 Å². The molecule has 10 heteroatoms. The second kappa shape index (κ2) is 9.69. The monoisotopic (exact) mass is 506 g/mol. The molecule has 186 valence electrons. The zero-order chi connectivity index (χ0) is 25.4. The molecule has 0 unspecified atom stereocenters. The van der Waals surface area contributed by atoms with E-state index < -0.39 is 11.1 Å². The van der Waals surface area contributed by atoms with Crippen molar-refractivity contribution < 1.29 is 23.9 Å². The fourth-order valence-electron chi connectivity index (χ4n) is 4.62. The van der Waals surface area contributed by atoms with Crippen molar-refractivity contribution in [3.8, 4) is 11.5 Å². The number of imidazole rings is 1. The molecule has 0 N–H and O–H groups in total. The molecule has 0 bridgehead atoms. The highest BCUT2D eigenvalue weighted by atomic mass is 32.2. The first-order valence-corrected chi connectivity index (χ1v) is 12.5. The molecule has 36 heavy (non-hydrogen) atoms. The van der Waals surface area contributed by atoms with Gasteiger partial charge in [0.15, 0.2) is 11.5 Å². The molecular formula is C26H26N4O5S. The molecule has 0 radical (unpaired) electrons. The first-order valence-electron chi connectivity index (χ1n) is 11.7. The lowest BCUT2D eigenvalue weighted by Crippen LogP contribution is -2.44. The van der Waals surface area contributed by atoms with E-state index in [0.29, 0.717) is 43.4 Å². The predicted molar refractivity (Wildman–Crippen MR) is 137 cm³/mol. The summed E-state index contributed by atoms with van der Waals surface area (Å²) in [5.74, 6) is 1.10. The zero-order valence-electron chi connectivity index (χ0n) is 20.3. The number of rotatable bonds is 6. The molecule has 2 aliphatic heterocycles. The third-order valence-electron chi connectivity index (χ3n) is 6.50. The number of thioether (sulfide) groups is 1. The molecule has 0 aliphatic carbocycles. The number of amides is 3. The van der Waals surface area contributed by atoms with Crippen LogP contribution >= 0.6 is 11.8 Å². The number of hydrogen-bond acceptors (Lipinski definition) is 7. The van der Waals surface area contributed by atoms with E-state index >= 15 is 0 Å². The van der Waals surface area contributed by atoms with Gasteiger partial charge in [-0.1, -0.05) is 12.1 Å². The molecule has 1 aromatic heterocycles. The molecule has 1 fully saturated rings. The Labute approximate surface area is 212 Å². The van der Waals surface area contributed by atoms with Crippen LogP contribution in [0.2, 0.25) is 0 Å². The first-order chi connectivity index (χ1) is 17.4. The molecule has 1 saturated heterocycles. The molecular weight excluding hydrogens is 480 g/mol. The Morgan fingerprint density at radius 1 is 1.11 bits per heavy atom. The van der Waals surface area contributed by atoms with Gasteiger partial charge in [-0.3, -0.25) is 19.3 Å². The maximum Gasteiger partial charge on any atom is 0.294 e. The number of aromatic nitrogens is 2. The minimum absolute atomic E-state index is 0.263. The van der Waals surface area contributed by atoms with Crippen LogP contribution in [0, 0.1) is 0 Å². The van der Waals surface area contributed by atoms with Crippen molar-refractivity contribution in [2.24, 2.45) is 0 Å². The summed E-state index contributed by atoms with van der Waals surface area (Å²) >= 11 is 0.836. The molecule has 9 nitrogen and oxygen atoms in total. The van der Waals surface area contributed by atoms with Gasteiger partial charge in [-0.15, -0.1) is 0 Å². The summed E-state index contributed by atoms with van der Waals surface area (Å²) in [6, 6.07) is 11.5. The summed E-state index contributed by atoms with van der Waals surface area (Å²) in [5.41, 5.74) is 3.82. The van der Waals surface area contributed by atoms with Crippen LogP contribution in [0.25, 0.3) is 17.1 Å². The summed E-state index contributed by atoms with van der Waals surface area (Å²) in [6.07, 6.45) is 2.28. The molecule has 3 heterocycles. The minimum atomic E-state index is -0.475. The highest BCUT2D eigenvalue weighted by Gasteiger charge is 2.38. The van der Waals surface area contributed by atoms with Crippen LogP contribution in [0.4, 0.5) is 4.79 Å². The number of fused-ring (bicyclic) bond motifs is 2. The lowest BCUT2D eigenvalue weighted by molar-refractivity contribution is -0.136. The van der Waals surface area contributed by atoms with Crippen molar-refractivity contribution in [3.05, 3.63) is 58.3 Å². The Morgan fingerprint density at radius 2 is 1.83 bits per heavy atom. The van der Waals surface area contributed by atoms with Gasteiger partial charge in [0.2, 0.25) is 5.91 Å². The van der Waals surface area contributed by atoms with E-state index in [9.17, 15) is 14.4 Å². The average Bonchev–Trinajstić information content (AvgIpc) is 3.38. The van der Waals surface area contributed by atoms with Gasteiger partial charge in [-0.25, -0.2) is 4.98 Å². The van der Waals surface area contributed by atoms with Crippen LogP contribution in [-0.2, 0) is 29.1 Å². The molecule has 3 aromatic rings. The number of nitrogens with zero attached hydrogens (tertiary/aromatic N) is 4. The number of imide groups is 1. The lowest BCUT2D eigenvalue weighted by atomic mass is 9.98. The number of hydrogen-bond donors (Lipinski definition) is 0. The molecule has 0 spiro atoms. The van der Waals surface area contributed by atoms with E-state index in [2.05, 4.69) is 4.98 Å². The Bertz CT molecular complexity index is 1410. The summed E-state index contributed by atoms with van der Waals surface area (Å²) in [6.45, 7) is 3.24. The van der Waals surface area contributed by atoms with E-state index in [1.165, 1.54) is 0 Å². The van der Waals surface area contributed by atoms with Crippen LogP contribution < -0.4 is 9.47 Å². The Hall–Kier alpha value is -3.79. The minimum Gasteiger partial charge on any atom is -0.493 e. The van der Waals surface area contributed by atoms with Gasteiger partial charge in [-0.05, 0) is 60.5 Å². The van der Waals surface area contributed by atoms with Crippen LogP contribution in [0.3, 0.4) is 0 Å². The van der Waals surface area contributed by atoms with Gasteiger partial charge in [0.1, 0.15) is 12.4 Å². The van der Waals surface area contributed by atoms with E-state index in [0.717, 1.165) is 38.8 Å². The third kappa shape index (κ3) is 4.21. The third-order valence-corrected chi connectivity index (χ3v) is 7.41. The Morgan fingerprint density at radius 3 is 2.56 bits per heavy atom. The SMILES string of the molecule is CCn1c(/C=C2\SC(=O)N(CC(=O)N3CCc4cc(OC)c(OC)cc4C3)C2=O)nc2ccccc21. The fraction of sp³-hybridized carbons (Fsp3) is 0.308. The Kier molecular flexibility index (Phi) is 6.44. The van der Waals surface area contributed by atoms with Crippen molar-refractivity contribution in [2.45, 2.75) is 26.4 Å². The molecule has 0 atom stereocenters. The van der Waals surface area contributed by atoms with E-state index in [1.807, 2.05) is 47.9 Å². The molecule has 2 aromatic carbocycles. The number of carbonyl (C=O) groups excluding carboxylic acids is 3. The number of ether oxygens (including phenoxy) is 2.